The third kappa shape index (κ3) is 5.22. The molecule has 1 fully saturated rings. The number of sulfone groups is 1. The van der Waals surface area contributed by atoms with Gasteiger partial charge in [0.25, 0.3) is 5.91 Å². The first kappa shape index (κ1) is 22.9. The van der Waals surface area contributed by atoms with Gasteiger partial charge in [-0.1, -0.05) is 55.5 Å². The number of carbonyl (C=O) groups is 2. The minimum Gasteiger partial charge on any atom is -0.452 e. The zero-order chi connectivity index (χ0) is 23.4. The summed E-state index contributed by atoms with van der Waals surface area (Å²) < 4.78 is 29.2. The van der Waals surface area contributed by atoms with Crippen molar-refractivity contribution in [2.75, 3.05) is 24.7 Å². The van der Waals surface area contributed by atoms with Crippen LogP contribution in [-0.2, 0) is 19.4 Å². The molecule has 0 spiro atoms. The summed E-state index contributed by atoms with van der Waals surface area (Å²) in [6.07, 6.45) is 1.10. The van der Waals surface area contributed by atoms with E-state index < -0.39 is 22.4 Å². The first-order valence-corrected chi connectivity index (χ1v) is 12.8. The Hall–Kier alpha value is -3.26. The summed E-state index contributed by atoms with van der Waals surface area (Å²) in [6, 6.07) is 18.1. The van der Waals surface area contributed by atoms with Crippen LogP contribution in [0, 0.1) is 0 Å². The van der Waals surface area contributed by atoms with E-state index in [1.165, 1.54) is 4.90 Å². The maximum absolute atomic E-state index is 13.0. The molecule has 3 aromatic rings. The number of nitrogens with zero attached hydrogens (tertiary/aromatic N) is 2. The van der Waals surface area contributed by atoms with Gasteiger partial charge in [-0.2, -0.15) is 0 Å². The number of fused-ring (bicyclic) bond motifs is 1. The van der Waals surface area contributed by atoms with Crippen molar-refractivity contribution in [1.82, 2.24) is 9.88 Å². The van der Waals surface area contributed by atoms with E-state index in [4.69, 9.17) is 4.74 Å². The Morgan fingerprint density at radius 2 is 1.82 bits per heavy atom. The number of pyridine rings is 1. The van der Waals surface area contributed by atoms with Crippen LogP contribution in [-0.4, -0.2) is 60.9 Å². The van der Waals surface area contributed by atoms with Crippen molar-refractivity contribution >= 4 is 32.6 Å². The summed E-state index contributed by atoms with van der Waals surface area (Å²) in [5, 5.41) is 0.641. The molecule has 1 aliphatic rings. The van der Waals surface area contributed by atoms with E-state index in [-0.39, 0.29) is 23.5 Å². The summed E-state index contributed by atoms with van der Waals surface area (Å²) in [4.78, 5) is 32.1. The molecule has 1 aliphatic heterocycles. The molecule has 0 bridgehead atoms. The predicted octanol–water partition coefficient (Wildman–Crippen LogP) is 3.48. The van der Waals surface area contributed by atoms with E-state index in [0.717, 1.165) is 5.56 Å². The maximum atomic E-state index is 13.0. The number of hydrogen-bond acceptors (Lipinski definition) is 6. The van der Waals surface area contributed by atoms with Crippen molar-refractivity contribution in [2.45, 2.75) is 25.8 Å². The van der Waals surface area contributed by atoms with Crippen LogP contribution in [0.15, 0.2) is 60.7 Å². The van der Waals surface area contributed by atoms with Gasteiger partial charge in [0.15, 0.2) is 16.4 Å². The maximum Gasteiger partial charge on any atom is 0.339 e. The van der Waals surface area contributed by atoms with E-state index in [1.807, 2.05) is 55.5 Å². The lowest BCUT2D eigenvalue weighted by molar-refractivity contribution is -0.136. The molecule has 1 saturated heterocycles. The van der Waals surface area contributed by atoms with Gasteiger partial charge < -0.3 is 9.64 Å². The highest BCUT2D eigenvalue weighted by Crippen LogP contribution is 2.25. The van der Waals surface area contributed by atoms with Crippen LogP contribution in [0.25, 0.3) is 22.2 Å². The molecule has 33 heavy (non-hydrogen) atoms. The number of aromatic nitrogens is 1. The molecule has 2 heterocycles. The fourth-order valence-corrected chi connectivity index (χ4v) is 5.89. The van der Waals surface area contributed by atoms with Crippen LogP contribution < -0.4 is 0 Å². The topological polar surface area (TPSA) is 93.6 Å². The highest BCUT2D eigenvalue weighted by molar-refractivity contribution is 7.91. The largest absolute Gasteiger partial charge is 0.452 e. The summed E-state index contributed by atoms with van der Waals surface area (Å²) >= 11 is 0. The molecule has 0 unspecified atom stereocenters. The Bertz CT molecular complexity index is 1270. The van der Waals surface area contributed by atoms with Gasteiger partial charge in [-0.05, 0) is 25.0 Å². The first-order chi connectivity index (χ1) is 15.9. The molecule has 0 N–H and O–H groups in total. The number of amides is 1. The van der Waals surface area contributed by atoms with Gasteiger partial charge in [-0.25, -0.2) is 18.2 Å². The average molecular weight is 467 g/mol. The quantitative estimate of drug-likeness (QED) is 0.495. The van der Waals surface area contributed by atoms with Gasteiger partial charge in [0.1, 0.15) is 0 Å². The number of carbonyl (C=O) groups excluding carboxylic acids is 2. The van der Waals surface area contributed by atoms with Crippen molar-refractivity contribution in [3.63, 3.8) is 0 Å². The van der Waals surface area contributed by atoms with Crippen LogP contribution in [0.1, 0.15) is 30.1 Å². The van der Waals surface area contributed by atoms with Gasteiger partial charge in [0, 0.05) is 23.5 Å². The average Bonchev–Trinajstić information content (AvgIpc) is 3.19. The molecule has 1 aromatic heterocycles. The van der Waals surface area contributed by atoms with Crippen molar-refractivity contribution in [3.05, 3.63) is 66.2 Å². The lowest BCUT2D eigenvalue weighted by Gasteiger charge is -2.27. The van der Waals surface area contributed by atoms with E-state index in [0.29, 0.717) is 41.5 Å². The summed E-state index contributed by atoms with van der Waals surface area (Å²) in [5.41, 5.74) is 2.49. The molecule has 8 heteroatoms. The number of ether oxygens (including phenoxy) is 1. The molecule has 0 radical (unpaired) electrons. The van der Waals surface area contributed by atoms with Crippen LogP contribution >= 0.6 is 0 Å². The third-order valence-corrected chi connectivity index (χ3v) is 7.52. The molecule has 172 valence electrons. The molecule has 1 amide bonds. The molecule has 1 atom stereocenters. The van der Waals surface area contributed by atoms with E-state index >= 15 is 0 Å². The lowest BCUT2D eigenvalue weighted by Crippen LogP contribution is -2.43. The zero-order valence-corrected chi connectivity index (χ0v) is 19.3. The Morgan fingerprint density at radius 3 is 2.52 bits per heavy atom. The van der Waals surface area contributed by atoms with Gasteiger partial charge in [0.2, 0.25) is 0 Å². The standard InChI is InChI=1S/C25H26N2O5S/c1-2-13-27(19-12-14-33(30,31)17-19)24(28)16-32-25(29)21-15-23(18-8-4-3-5-9-18)26-22-11-7-6-10-20(21)22/h3-11,15,19H,2,12-14,16-17H2,1H3/t19-/m1/s1. The Kier molecular flexibility index (Phi) is 6.74. The second-order valence-corrected chi connectivity index (χ2v) is 10.4. The monoisotopic (exact) mass is 466 g/mol. The first-order valence-electron chi connectivity index (χ1n) is 11.0. The Morgan fingerprint density at radius 1 is 1.09 bits per heavy atom. The molecule has 0 aliphatic carbocycles. The Balaban J connectivity index is 1.55. The van der Waals surface area contributed by atoms with Gasteiger partial charge in [-0.15, -0.1) is 0 Å². The van der Waals surface area contributed by atoms with Crippen LogP contribution in [0.3, 0.4) is 0 Å². The normalized spacial score (nSPS) is 17.1. The highest BCUT2D eigenvalue weighted by Gasteiger charge is 2.34. The molecule has 7 nitrogen and oxygen atoms in total. The minimum absolute atomic E-state index is 0.0396. The van der Waals surface area contributed by atoms with E-state index in [2.05, 4.69) is 4.98 Å². The summed E-state index contributed by atoms with van der Waals surface area (Å²) in [5.74, 6) is -0.957. The smallest absolute Gasteiger partial charge is 0.339 e. The van der Waals surface area contributed by atoms with Crippen LogP contribution in [0.4, 0.5) is 0 Å². The zero-order valence-electron chi connectivity index (χ0n) is 18.4. The highest BCUT2D eigenvalue weighted by atomic mass is 32.2. The number of para-hydroxylation sites is 1. The van der Waals surface area contributed by atoms with Crippen LogP contribution in [0.2, 0.25) is 0 Å². The predicted molar refractivity (Wildman–Crippen MR) is 127 cm³/mol. The van der Waals surface area contributed by atoms with Gasteiger partial charge in [0.05, 0.1) is 28.3 Å². The van der Waals surface area contributed by atoms with Crippen molar-refractivity contribution in [1.29, 1.82) is 0 Å². The van der Waals surface area contributed by atoms with E-state index in [1.54, 1.807) is 12.1 Å². The van der Waals surface area contributed by atoms with Gasteiger partial charge in [-0.3, -0.25) is 4.79 Å². The fourth-order valence-electron chi connectivity index (χ4n) is 4.16. The molecular formula is C25H26N2O5S. The summed E-state index contributed by atoms with van der Waals surface area (Å²) in [6.45, 7) is 1.91. The van der Waals surface area contributed by atoms with Crippen molar-refractivity contribution in [3.8, 4) is 11.3 Å². The number of esters is 1. The lowest BCUT2D eigenvalue weighted by atomic mass is 10.0. The van der Waals surface area contributed by atoms with Gasteiger partial charge >= 0.3 is 5.97 Å². The van der Waals surface area contributed by atoms with Crippen molar-refractivity contribution in [2.24, 2.45) is 0 Å². The second kappa shape index (κ2) is 9.70. The SMILES string of the molecule is CCCN(C(=O)COC(=O)c1cc(-c2ccccc2)nc2ccccc12)[C@@H]1CCS(=O)(=O)C1. The molecular weight excluding hydrogens is 440 g/mol. The fraction of sp³-hybridized carbons (Fsp3) is 0.320. The third-order valence-electron chi connectivity index (χ3n) is 5.77. The minimum atomic E-state index is -3.13. The van der Waals surface area contributed by atoms with Crippen LogP contribution in [0.5, 0.6) is 0 Å². The Labute approximate surface area is 193 Å². The second-order valence-electron chi connectivity index (χ2n) is 8.16. The molecule has 2 aromatic carbocycles. The van der Waals surface area contributed by atoms with E-state index in [9.17, 15) is 18.0 Å². The number of benzene rings is 2. The number of rotatable bonds is 7. The number of hydrogen-bond donors (Lipinski definition) is 0. The molecule has 4 rings (SSSR count). The molecule has 0 saturated carbocycles. The van der Waals surface area contributed by atoms with Crippen molar-refractivity contribution < 1.29 is 22.7 Å². The summed E-state index contributed by atoms with van der Waals surface area (Å²) in [7, 11) is -3.13.